The van der Waals surface area contributed by atoms with Crippen molar-refractivity contribution in [2.24, 2.45) is 0 Å². The van der Waals surface area contributed by atoms with Gasteiger partial charge in [-0.2, -0.15) is 0 Å². The summed E-state index contributed by atoms with van der Waals surface area (Å²) in [5, 5.41) is 0. The summed E-state index contributed by atoms with van der Waals surface area (Å²) < 4.78 is 0. The maximum atomic E-state index is 10.1. The predicted octanol–water partition coefficient (Wildman–Crippen LogP) is 2.88. The van der Waals surface area contributed by atoms with Crippen molar-refractivity contribution >= 4 is 15.6 Å². The van der Waals surface area contributed by atoms with Gasteiger partial charge in [0.25, 0.3) is 0 Å². The fourth-order valence-corrected chi connectivity index (χ4v) is 1.40. The van der Waals surface area contributed by atoms with Gasteiger partial charge >= 0.3 is 0 Å². The molecule has 0 aromatic rings. The van der Waals surface area contributed by atoms with E-state index in [2.05, 4.69) is 23.1 Å². The minimum absolute atomic E-state index is 0.410. The van der Waals surface area contributed by atoms with Crippen LogP contribution in [-0.2, 0) is 4.79 Å². The molecule has 0 bridgehead atoms. The molecular weight excluding hydrogens is 181 g/mol. The van der Waals surface area contributed by atoms with Gasteiger partial charge in [0.05, 0.1) is 0 Å². The lowest BCUT2D eigenvalue weighted by molar-refractivity contribution is -0.117. The van der Waals surface area contributed by atoms with E-state index >= 15 is 0 Å². The van der Waals surface area contributed by atoms with Crippen molar-refractivity contribution in [1.82, 2.24) is 4.90 Å². The Morgan fingerprint density at radius 1 is 1.46 bits per heavy atom. The predicted molar refractivity (Wildman–Crippen MR) is 62.8 cm³/mol. The average molecular weight is 205 g/mol. The summed E-state index contributed by atoms with van der Waals surface area (Å²) in [4.78, 5) is 11.9. The van der Waals surface area contributed by atoms with E-state index in [0.29, 0.717) is 5.78 Å². The first-order valence-corrected chi connectivity index (χ1v) is 5.89. The number of rotatable bonds is 1. The van der Waals surface area contributed by atoms with Crippen molar-refractivity contribution in [3.63, 3.8) is 0 Å². The van der Waals surface area contributed by atoms with Gasteiger partial charge in [-0.1, -0.05) is 34.1 Å². The average Bonchev–Trinajstić information content (AvgIpc) is 2.56. The van der Waals surface area contributed by atoms with Crippen molar-refractivity contribution in [3.05, 3.63) is 0 Å². The molecule has 1 rings (SSSR count). The highest BCUT2D eigenvalue weighted by molar-refractivity contribution is 7.17. The maximum Gasteiger partial charge on any atom is 0.210 e. The van der Waals surface area contributed by atoms with Crippen LogP contribution < -0.4 is 0 Å². The second kappa shape index (κ2) is 11.9. The topological polar surface area (TPSA) is 20.3 Å². The summed E-state index contributed by atoms with van der Waals surface area (Å²) in [6.07, 6.45) is 4.47. The molecule has 0 saturated carbocycles. The van der Waals surface area contributed by atoms with Crippen LogP contribution in [0.25, 0.3) is 0 Å². The lowest BCUT2D eigenvalue weighted by Gasteiger charge is -2.13. The Kier molecular flexibility index (Phi) is 14.1. The van der Waals surface area contributed by atoms with E-state index < -0.39 is 0 Å². The first kappa shape index (κ1) is 15.4. The highest BCUT2D eigenvalue weighted by atomic mass is 31.0. The number of carbonyl (C=O) groups excluding carboxylic acids is 1. The van der Waals surface area contributed by atoms with Crippen LogP contribution in [0.5, 0.6) is 0 Å². The molecule has 1 amide bonds. The molecule has 0 aromatic carbocycles. The number of nitrogens with zero attached hydrogens (tertiary/aromatic N) is 1. The molecule has 0 spiro atoms. The Labute approximate surface area is 85.3 Å². The number of carbonyl (C=O) groups is 1. The summed E-state index contributed by atoms with van der Waals surface area (Å²) in [6, 6.07) is 0. The molecule has 1 saturated heterocycles. The second-order valence-corrected chi connectivity index (χ2v) is 3.53. The van der Waals surface area contributed by atoms with E-state index in [1.54, 1.807) is 0 Å². The largest absolute Gasteiger partial charge is 0.339 e. The number of amides is 1. The van der Waals surface area contributed by atoms with E-state index in [0.717, 1.165) is 25.8 Å². The zero-order valence-corrected chi connectivity index (χ0v) is 10.6. The van der Waals surface area contributed by atoms with Crippen molar-refractivity contribution in [2.45, 2.75) is 52.7 Å². The summed E-state index contributed by atoms with van der Waals surface area (Å²) in [7, 11) is 2.65. The summed E-state index contributed by atoms with van der Waals surface area (Å²) in [5.74, 6) is 0.410. The SMILES string of the molecule is CC.CCC.O=CN1CCCC1P. The molecule has 2 atom stereocenters. The molecule has 2 nitrogen and oxygen atoms in total. The molecule has 0 N–H and O–H groups in total. The quantitative estimate of drug-likeness (QED) is 0.476. The molecule has 1 aliphatic rings. The van der Waals surface area contributed by atoms with Crippen LogP contribution in [0.15, 0.2) is 0 Å². The van der Waals surface area contributed by atoms with Crippen LogP contribution in [0.2, 0.25) is 0 Å². The summed E-state index contributed by atoms with van der Waals surface area (Å²) in [6.45, 7) is 9.19. The van der Waals surface area contributed by atoms with Gasteiger partial charge in [-0.3, -0.25) is 4.79 Å². The van der Waals surface area contributed by atoms with E-state index in [9.17, 15) is 4.79 Å². The van der Waals surface area contributed by atoms with Gasteiger partial charge in [0.2, 0.25) is 6.41 Å². The minimum Gasteiger partial charge on any atom is -0.339 e. The van der Waals surface area contributed by atoms with Crippen LogP contribution >= 0.6 is 9.24 Å². The molecule has 13 heavy (non-hydrogen) atoms. The van der Waals surface area contributed by atoms with Crippen LogP contribution in [0.1, 0.15) is 47.0 Å². The van der Waals surface area contributed by atoms with Crippen LogP contribution in [-0.4, -0.2) is 23.6 Å². The van der Waals surface area contributed by atoms with Gasteiger partial charge in [-0.15, -0.1) is 9.24 Å². The molecular formula is C10H24NOP. The van der Waals surface area contributed by atoms with Crippen molar-refractivity contribution in [2.75, 3.05) is 6.54 Å². The van der Waals surface area contributed by atoms with E-state index in [4.69, 9.17) is 0 Å². The fourth-order valence-electron chi connectivity index (χ4n) is 0.946. The molecule has 1 heterocycles. The fraction of sp³-hybridized carbons (Fsp3) is 0.900. The third-order valence-corrected chi connectivity index (χ3v) is 2.19. The van der Waals surface area contributed by atoms with Crippen LogP contribution in [0.4, 0.5) is 0 Å². The standard InChI is InChI=1S/C5H10NOP.C3H8.C2H6/c7-4-6-3-1-2-5(6)8;1-3-2;1-2/h4-5H,1-3,8H2;3H2,1-2H3;1-2H3. The van der Waals surface area contributed by atoms with Gasteiger partial charge in [0, 0.05) is 12.3 Å². The summed E-state index contributed by atoms with van der Waals surface area (Å²) in [5.41, 5.74) is 0. The molecule has 80 valence electrons. The lowest BCUT2D eigenvalue weighted by Crippen LogP contribution is -2.22. The molecule has 0 aliphatic carbocycles. The van der Waals surface area contributed by atoms with Gasteiger partial charge in [-0.05, 0) is 12.8 Å². The summed E-state index contributed by atoms with van der Waals surface area (Å²) >= 11 is 0. The van der Waals surface area contributed by atoms with Crippen LogP contribution in [0, 0.1) is 0 Å². The van der Waals surface area contributed by atoms with E-state index in [-0.39, 0.29) is 0 Å². The van der Waals surface area contributed by atoms with Gasteiger partial charge < -0.3 is 4.90 Å². The maximum absolute atomic E-state index is 10.1. The molecule has 1 fully saturated rings. The smallest absolute Gasteiger partial charge is 0.210 e. The first-order chi connectivity index (χ1) is 6.26. The molecule has 0 aromatic heterocycles. The number of hydrogen-bond donors (Lipinski definition) is 0. The van der Waals surface area contributed by atoms with Crippen LogP contribution in [0.3, 0.4) is 0 Å². The molecule has 1 aliphatic heterocycles. The Hall–Kier alpha value is -0.100. The highest BCUT2D eigenvalue weighted by Gasteiger charge is 2.17. The van der Waals surface area contributed by atoms with E-state index in [1.807, 2.05) is 18.7 Å². The first-order valence-electron chi connectivity index (χ1n) is 5.22. The van der Waals surface area contributed by atoms with Crippen molar-refractivity contribution < 1.29 is 4.79 Å². The number of likely N-dealkylation sites (tertiary alicyclic amines) is 1. The van der Waals surface area contributed by atoms with Gasteiger partial charge in [0.1, 0.15) is 0 Å². The Bertz CT molecular complexity index is 109. The normalized spacial score (nSPS) is 19.5. The highest BCUT2D eigenvalue weighted by Crippen LogP contribution is 2.19. The third kappa shape index (κ3) is 8.24. The van der Waals surface area contributed by atoms with Gasteiger partial charge in [-0.25, -0.2) is 0 Å². The third-order valence-electron chi connectivity index (χ3n) is 1.48. The number of hydrogen-bond acceptors (Lipinski definition) is 1. The lowest BCUT2D eigenvalue weighted by atomic mass is 10.4. The Morgan fingerprint density at radius 3 is 2.08 bits per heavy atom. The van der Waals surface area contributed by atoms with Crippen molar-refractivity contribution in [3.8, 4) is 0 Å². The second-order valence-electron chi connectivity index (χ2n) is 2.76. The van der Waals surface area contributed by atoms with Gasteiger partial charge in [0.15, 0.2) is 0 Å². The van der Waals surface area contributed by atoms with Crippen molar-refractivity contribution in [1.29, 1.82) is 0 Å². The monoisotopic (exact) mass is 205 g/mol. The molecule has 2 unspecified atom stereocenters. The zero-order valence-electron chi connectivity index (χ0n) is 9.42. The zero-order chi connectivity index (χ0) is 10.7. The molecule has 3 heteroatoms. The molecule has 0 radical (unpaired) electrons. The van der Waals surface area contributed by atoms with E-state index in [1.165, 1.54) is 6.42 Å². The minimum atomic E-state index is 0.410. The Morgan fingerprint density at radius 2 is 1.92 bits per heavy atom. The Balaban J connectivity index is 0.